The van der Waals surface area contributed by atoms with Crippen LogP contribution in [0.15, 0.2) is 17.4 Å². The lowest BCUT2D eigenvalue weighted by Crippen LogP contribution is -2.38. The van der Waals surface area contributed by atoms with E-state index in [1.54, 1.807) is 7.05 Å². The largest absolute Gasteiger partial charge is 0.379 e. The highest BCUT2D eigenvalue weighted by Gasteiger charge is 2.14. The summed E-state index contributed by atoms with van der Waals surface area (Å²) < 4.78 is 13.4. The Kier molecular flexibility index (Phi) is 8.76. The Morgan fingerprint density at radius 2 is 2.36 bits per heavy atom. The van der Waals surface area contributed by atoms with Crippen molar-refractivity contribution in [2.75, 3.05) is 33.4 Å². The molecule has 0 aromatic carbocycles. The molecule has 2 heterocycles. The third kappa shape index (κ3) is 7.44. The van der Waals surface area contributed by atoms with Crippen molar-refractivity contribution < 1.29 is 9.47 Å². The van der Waals surface area contributed by atoms with Gasteiger partial charge >= 0.3 is 0 Å². The minimum absolute atomic E-state index is 0.303. The molecule has 0 amide bonds. The molecule has 142 valence electrons. The standard InChI is InChI=1S/C18H33N5O2/c1-15(2)13-23-9-8-20-17(23)12-22-18(19-3)21-7-5-10-24-14-16-6-4-11-25-16/h8-9,15-16H,4-7,10-14H2,1-3H3,(H2,19,21,22). The molecular formula is C18H33N5O2. The summed E-state index contributed by atoms with van der Waals surface area (Å²) >= 11 is 0. The van der Waals surface area contributed by atoms with Crippen molar-refractivity contribution in [1.82, 2.24) is 20.2 Å². The third-order valence-electron chi connectivity index (χ3n) is 4.09. The summed E-state index contributed by atoms with van der Waals surface area (Å²) in [6.45, 7) is 9.21. The molecule has 0 radical (unpaired) electrons. The number of guanidine groups is 1. The van der Waals surface area contributed by atoms with E-state index < -0.39 is 0 Å². The fourth-order valence-corrected chi connectivity index (χ4v) is 2.82. The smallest absolute Gasteiger partial charge is 0.191 e. The summed E-state index contributed by atoms with van der Waals surface area (Å²) in [4.78, 5) is 8.68. The van der Waals surface area contributed by atoms with Gasteiger partial charge in [0.1, 0.15) is 5.82 Å². The number of nitrogens with one attached hydrogen (secondary N) is 2. The van der Waals surface area contributed by atoms with Gasteiger partial charge in [-0.3, -0.25) is 4.99 Å². The van der Waals surface area contributed by atoms with Crippen LogP contribution in [0, 0.1) is 5.92 Å². The van der Waals surface area contributed by atoms with Crippen LogP contribution in [0.4, 0.5) is 0 Å². The lowest BCUT2D eigenvalue weighted by Gasteiger charge is -2.14. The summed E-state index contributed by atoms with van der Waals surface area (Å²) in [5, 5.41) is 6.63. The van der Waals surface area contributed by atoms with Gasteiger partial charge in [0.05, 0.1) is 19.3 Å². The van der Waals surface area contributed by atoms with Crippen LogP contribution in [0.3, 0.4) is 0 Å². The van der Waals surface area contributed by atoms with Crippen molar-refractivity contribution >= 4 is 5.96 Å². The second kappa shape index (κ2) is 11.1. The Morgan fingerprint density at radius 1 is 1.48 bits per heavy atom. The zero-order chi connectivity index (χ0) is 17.9. The van der Waals surface area contributed by atoms with Gasteiger partial charge in [0.25, 0.3) is 0 Å². The van der Waals surface area contributed by atoms with E-state index in [-0.39, 0.29) is 0 Å². The zero-order valence-electron chi connectivity index (χ0n) is 15.8. The van der Waals surface area contributed by atoms with E-state index in [0.717, 1.165) is 57.3 Å². The van der Waals surface area contributed by atoms with E-state index in [1.165, 1.54) is 0 Å². The summed E-state index contributed by atoms with van der Waals surface area (Å²) in [6, 6.07) is 0. The van der Waals surface area contributed by atoms with Gasteiger partial charge in [0.2, 0.25) is 0 Å². The van der Waals surface area contributed by atoms with E-state index >= 15 is 0 Å². The summed E-state index contributed by atoms with van der Waals surface area (Å²) in [5.74, 6) is 2.41. The molecule has 0 aliphatic carbocycles. The molecular weight excluding hydrogens is 318 g/mol. The molecule has 1 unspecified atom stereocenters. The number of aliphatic imine (C=N–C) groups is 1. The van der Waals surface area contributed by atoms with Crippen molar-refractivity contribution in [2.24, 2.45) is 10.9 Å². The van der Waals surface area contributed by atoms with Crippen LogP contribution >= 0.6 is 0 Å². The quantitative estimate of drug-likeness (QED) is 0.382. The van der Waals surface area contributed by atoms with Gasteiger partial charge in [-0.25, -0.2) is 4.98 Å². The van der Waals surface area contributed by atoms with Crippen LogP contribution in [0.25, 0.3) is 0 Å². The molecule has 1 aliphatic heterocycles. The van der Waals surface area contributed by atoms with Crippen LogP contribution in [0.5, 0.6) is 0 Å². The first-order chi connectivity index (χ1) is 12.2. The molecule has 7 heteroatoms. The Morgan fingerprint density at radius 3 is 3.08 bits per heavy atom. The Balaban J connectivity index is 1.58. The van der Waals surface area contributed by atoms with Gasteiger partial charge in [-0.2, -0.15) is 0 Å². The Hall–Kier alpha value is -1.60. The number of imidazole rings is 1. The maximum atomic E-state index is 5.67. The monoisotopic (exact) mass is 351 g/mol. The van der Waals surface area contributed by atoms with Crippen molar-refractivity contribution in [3.63, 3.8) is 0 Å². The van der Waals surface area contributed by atoms with Gasteiger partial charge in [0.15, 0.2) is 5.96 Å². The highest BCUT2D eigenvalue weighted by molar-refractivity contribution is 5.79. The van der Waals surface area contributed by atoms with Crippen molar-refractivity contribution in [1.29, 1.82) is 0 Å². The summed E-state index contributed by atoms with van der Waals surface area (Å²) in [5.41, 5.74) is 0. The lowest BCUT2D eigenvalue weighted by molar-refractivity contribution is 0.0168. The molecule has 0 bridgehead atoms. The first kappa shape index (κ1) is 19.7. The average molecular weight is 351 g/mol. The van der Waals surface area contributed by atoms with Crippen molar-refractivity contribution in [3.05, 3.63) is 18.2 Å². The summed E-state index contributed by atoms with van der Waals surface area (Å²) in [7, 11) is 1.78. The number of aromatic nitrogens is 2. The molecule has 0 saturated carbocycles. The second-order valence-corrected chi connectivity index (χ2v) is 6.81. The predicted octanol–water partition coefficient (Wildman–Crippen LogP) is 1.79. The number of nitrogens with zero attached hydrogens (tertiary/aromatic N) is 3. The molecule has 25 heavy (non-hydrogen) atoms. The normalized spacial score (nSPS) is 18.1. The molecule has 1 aromatic rings. The second-order valence-electron chi connectivity index (χ2n) is 6.81. The van der Waals surface area contributed by atoms with Gasteiger partial charge in [-0.05, 0) is 25.2 Å². The molecule has 1 aromatic heterocycles. The molecule has 1 atom stereocenters. The average Bonchev–Trinajstić information content (AvgIpc) is 3.25. The fraction of sp³-hybridized carbons (Fsp3) is 0.778. The molecule has 2 N–H and O–H groups in total. The van der Waals surface area contributed by atoms with Crippen LogP contribution in [0.1, 0.15) is 38.9 Å². The number of rotatable bonds is 10. The van der Waals surface area contributed by atoms with Gasteiger partial charge < -0.3 is 24.7 Å². The van der Waals surface area contributed by atoms with E-state index in [4.69, 9.17) is 9.47 Å². The number of hydrogen-bond donors (Lipinski definition) is 2. The van der Waals surface area contributed by atoms with Crippen LogP contribution < -0.4 is 10.6 Å². The maximum Gasteiger partial charge on any atom is 0.191 e. The minimum atomic E-state index is 0.303. The van der Waals surface area contributed by atoms with Crippen molar-refractivity contribution in [2.45, 2.75) is 52.3 Å². The highest BCUT2D eigenvalue weighted by Crippen LogP contribution is 2.11. The first-order valence-corrected chi connectivity index (χ1v) is 9.33. The summed E-state index contributed by atoms with van der Waals surface area (Å²) in [6.07, 6.45) is 7.40. The molecule has 1 aliphatic rings. The SMILES string of the molecule is CN=C(NCCCOCC1CCCO1)NCc1nccn1CC(C)C. The third-order valence-corrected chi connectivity index (χ3v) is 4.09. The molecule has 0 spiro atoms. The van der Waals surface area contributed by atoms with Crippen LogP contribution in [-0.4, -0.2) is 55.0 Å². The van der Waals surface area contributed by atoms with Crippen molar-refractivity contribution in [3.8, 4) is 0 Å². The van der Waals surface area contributed by atoms with E-state index in [1.807, 2.05) is 12.4 Å². The molecule has 1 saturated heterocycles. The Bertz CT molecular complexity index is 509. The van der Waals surface area contributed by atoms with Gasteiger partial charge in [-0.1, -0.05) is 13.8 Å². The van der Waals surface area contributed by atoms with Gasteiger partial charge in [-0.15, -0.1) is 0 Å². The first-order valence-electron chi connectivity index (χ1n) is 9.33. The van der Waals surface area contributed by atoms with Crippen LogP contribution in [0.2, 0.25) is 0 Å². The zero-order valence-corrected chi connectivity index (χ0v) is 15.8. The molecule has 2 rings (SSSR count). The highest BCUT2D eigenvalue weighted by atomic mass is 16.5. The molecule has 7 nitrogen and oxygen atoms in total. The van der Waals surface area contributed by atoms with E-state index in [0.29, 0.717) is 25.2 Å². The predicted molar refractivity (Wildman–Crippen MR) is 99.7 cm³/mol. The number of hydrogen-bond acceptors (Lipinski definition) is 4. The maximum absolute atomic E-state index is 5.67. The molecule has 1 fully saturated rings. The minimum Gasteiger partial charge on any atom is -0.379 e. The topological polar surface area (TPSA) is 72.7 Å². The Labute approximate surface area is 151 Å². The number of ether oxygens (including phenoxy) is 2. The van der Waals surface area contributed by atoms with E-state index in [9.17, 15) is 0 Å². The fourth-order valence-electron chi connectivity index (χ4n) is 2.82. The lowest BCUT2D eigenvalue weighted by atomic mass is 10.2. The van der Waals surface area contributed by atoms with Gasteiger partial charge in [0, 0.05) is 45.7 Å². The van der Waals surface area contributed by atoms with Crippen LogP contribution in [-0.2, 0) is 22.6 Å². The van der Waals surface area contributed by atoms with E-state index in [2.05, 4.69) is 39.0 Å².